The largest absolute Gasteiger partial charge is 0.338 e. The average molecular weight is 349 g/mol. The lowest BCUT2D eigenvalue weighted by Crippen LogP contribution is -1.86. The highest BCUT2D eigenvalue weighted by Crippen LogP contribution is 2.24. The topological polar surface area (TPSA) is 80.5 Å². The summed E-state index contributed by atoms with van der Waals surface area (Å²) >= 11 is 1.45. The van der Waals surface area contributed by atoms with Crippen molar-refractivity contribution in [3.63, 3.8) is 0 Å². The van der Waals surface area contributed by atoms with Crippen molar-refractivity contribution in [1.29, 1.82) is 0 Å². The number of H-pyrrole nitrogens is 1. The van der Waals surface area contributed by atoms with Crippen molar-refractivity contribution in [1.82, 2.24) is 25.3 Å². The van der Waals surface area contributed by atoms with Crippen LogP contribution in [0.3, 0.4) is 0 Å². The second kappa shape index (κ2) is 6.90. The predicted octanol–water partition coefficient (Wildman–Crippen LogP) is 4.12. The van der Waals surface area contributed by atoms with E-state index >= 15 is 0 Å². The van der Waals surface area contributed by atoms with Gasteiger partial charge in [-0.25, -0.2) is 4.98 Å². The van der Waals surface area contributed by atoms with Crippen LogP contribution in [0.25, 0.3) is 22.8 Å². The molecule has 4 rings (SSSR count). The smallest absolute Gasteiger partial charge is 0.237 e. The number of aromatic amines is 1. The molecule has 25 heavy (non-hydrogen) atoms. The fourth-order valence-corrected chi connectivity index (χ4v) is 3.04. The van der Waals surface area contributed by atoms with Crippen LogP contribution in [0.5, 0.6) is 0 Å². The van der Waals surface area contributed by atoms with Crippen molar-refractivity contribution in [3.05, 3.63) is 66.1 Å². The second-order valence-corrected chi connectivity index (χ2v) is 6.39. The molecule has 0 amide bonds. The minimum Gasteiger partial charge on any atom is -0.338 e. The number of hydrogen-bond donors (Lipinski definition) is 1. The Morgan fingerprint density at radius 3 is 2.64 bits per heavy atom. The second-order valence-electron chi connectivity index (χ2n) is 5.45. The molecule has 0 saturated carbocycles. The number of hydrogen-bond acceptors (Lipinski definition) is 6. The van der Waals surface area contributed by atoms with Crippen LogP contribution in [-0.4, -0.2) is 25.3 Å². The molecule has 2 heterocycles. The van der Waals surface area contributed by atoms with Gasteiger partial charge in [0, 0.05) is 11.1 Å². The molecule has 0 saturated heterocycles. The minimum absolute atomic E-state index is 0.519. The van der Waals surface area contributed by atoms with Crippen LogP contribution in [0.2, 0.25) is 0 Å². The number of nitrogens with zero attached hydrogens (tertiary/aromatic N) is 4. The van der Waals surface area contributed by atoms with Crippen molar-refractivity contribution in [2.75, 3.05) is 0 Å². The van der Waals surface area contributed by atoms with Crippen molar-refractivity contribution in [3.8, 4) is 22.8 Å². The van der Waals surface area contributed by atoms with Gasteiger partial charge in [0.2, 0.25) is 16.9 Å². The van der Waals surface area contributed by atoms with Crippen LogP contribution in [0, 0.1) is 6.92 Å². The van der Waals surface area contributed by atoms with E-state index in [1.165, 1.54) is 11.8 Å². The van der Waals surface area contributed by atoms with Gasteiger partial charge in [-0.2, -0.15) is 4.98 Å². The molecule has 4 aromatic rings. The summed E-state index contributed by atoms with van der Waals surface area (Å²) in [5.41, 5.74) is 3.09. The Kier molecular flexibility index (Phi) is 4.30. The van der Waals surface area contributed by atoms with E-state index in [-0.39, 0.29) is 0 Å². The number of benzene rings is 2. The highest BCUT2D eigenvalue weighted by Gasteiger charge is 2.12. The van der Waals surface area contributed by atoms with Crippen molar-refractivity contribution < 1.29 is 4.52 Å². The molecule has 0 spiro atoms. The fourth-order valence-electron chi connectivity index (χ4n) is 2.41. The van der Waals surface area contributed by atoms with E-state index in [4.69, 9.17) is 4.52 Å². The lowest BCUT2D eigenvalue weighted by atomic mass is 10.1. The minimum atomic E-state index is 0.519. The van der Waals surface area contributed by atoms with Crippen LogP contribution in [-0.2, 0) is 5.75 Å². The van der Waals surface area contributed by atoms with Crippen LogP contribution in [0.15, 0.2) is 64.3 Å². The zero-order valence-corrected chi connectivity index (χ0v) is 14.3. The number of nitrogens with one attached hydrogen (secondary N) is 1. The summed E-state index contributed by atoms with van der Waals surface area (Å²) in [4.78, 5) is 8.94. The summed E-state index contributed by atoms with van der Waals surface area (Å²) < 4.78 is 5.34. The maximum atomic E-state index is 5.34. The van der Waals surface area contributed by atoms with Gasteiger partial charge in [-0.3, -0.25) is 5.10 Å². The van der Waals surface area contributed by atoms with E-state index in [0.717, 1.165) is 22.5 Å². The molecule has 0 aliphatic rings. The van der Waals surface area contributed by atoms with Gasteiger partial charge in [0.05, 0.1) is 5.75 Å². The molecule has 6 nitrogen and oxygen atoms in total. The lowest BCUT2D eigenvalue weighted by Gasteiger charge is -1.97. The molecule has 1 N–H and O–H groups in total. The van der Waals surface area contributed by atoms with Crippen molar-refractivity contribution in [2.45, 2.75) is 17.8 Å². The van der Waals surface area contributed by atoms with Crippen LogP contribution in [0.4, 0.5) is 0 Å². The maximum absolute atomic E-state index is 5.34. The van der Waals surface area contributed by atoms with Gasteiger partial charge in [-0.05, 0) is 12.5 Å². The molecule has 0 radical (unpaired) electrons. The Morgan fingerprint density at radius 2 is 1.80 bits per heavy atom. The summed E-state index contributed by atoms with van der Waals surface area (Å²) in [7, 11) is 0. The average Bonchev–Trinajstić information content (AvgIpc) is 3.31. The molecule has 0 aliphatic carbocycles. The van der Waals surface area contributed by atoms with Crippen molar-refractivity contribution in [2.24, 2.45) is 0 Å². The molecule has 0 aliphatic heterocycles. The zero-order valence-electron chi connectivity index (χ0n) is 13.5. The summed E-state index contributed by atoms with van der Waals surface area (Å²) in [6.45, 7) is 2.03. The molecule has 0 unspecified atom stereocenters. The number of rotatable bonds is 5. The Balaban J connectivity index is 1.44. The predicted molar refractivity (Wildman–Crippen MR) is 95.9 cm³/mol. The molecular formula is C18H15N5OS. The quantitative estimate of drug-likeness (QED) is 0.546. The summed E-state index contributed by atoms with van der Waals surface area (Å²) in [6, 6.07) is 17.8. The number of thioether (sulfide) groups is 1. The van der Waals surface area contributed by atoms with Gasteiger partial charge in [-0.1, -0.05) is 71.5 Å². The maximum Gasteiger partial charge on any atom is 0.237 e. The number of aryl methyl sites for hydroxylation is 1. The third kappa shape index (κ3) is 3.46. The van der Waals surface area contributed by atoms with E-state index in [1.807, 2.05) is 61.5 Å². The first-order valence-electron chi connectivity index (χ1n) is 7.79. The van der Waals surface area contributed by atoms with Gasteiger partial charge in [-0.15, -0.1) is 5.10 Å². The van der Waals surface area contributed by atoms with Gasteiger partial charge < -0.3 is 4.52 Å². The van der Waals surface area contributed by atoms with E-state index in [9.17, 15) is 0 Å². The van der Waals surface area contributed by atoms with Gasteiger partial charge in [0.25, 0.3) is 0 Å². The zero-order chi connectivity index (χ0) is 17.1. The Hall–Kier alpha value is -2.93. The molecule has 0 fully saturated rings. The Labute approximate surface area is 148 Å². The molecule has 0 bridgehead atoms. The SMILES string of the molecule is Cc1ccccc1-c1noc(CSc2n[nH]c(-c3ccccc3)n2)n1. The third-order valence-electron chi connectivity index (χ3n) is 3.69. The lowest BCUT2D eigenvalue weighted by molar-refractivity contribution is 0.391. The van der Waals surface area contributed by atoms with Crippen LogP contribution in [0.1, 0.15) is 11.5 Å². The van der Waals surface area contributed by atoms with E-state index in [1.54, 1.807) is 0 Å². The fraction of sp³-hybridized carbons (Fsp3) is 0.111. The molecule has 2 aromatic heterocycles. The first-order valence-corrected chi connectivity index (χ1v) is 8.77. The van der Waals surface area contributed by atoms with Crippen LogP contribution >= 0.6 is 11.8 Å². The highest BCUT2D eigenvalue weighted by atomic mass is 32.2. The number of aromatic nitrogens is 5. The molecule has 0 atom stereocenters. The normalized spacial score (nSPS) is 10.9. The molecule has 2 aromatic carbocycles. The van der Waals surface area contributed by atoms with E-state index < -0.39 is 0 Å². The highest BCUT2D eigenvalue weighted by molar-refractivity contribution is 7.98. The monoisotopic (exact) mass is 349 g/mol. The standard InChI is InChI=1S/C18H15N5OS/c1-12-7-5-6-10-14(12)17-19-15(24-23-17)11-25-18-20-16(21-22-18)13-8-3-2-4-9-13/h2-10H,11H2,1H3,(H,20,21,22). The summed E-state index contributed by atoms with van der Waals surface area (Å²) in [6.07, 6.45) is 0. The molecule has 124 valence electrons. The van der Waals surface area contributed by atoms with Crippen LogP contribution < -0.4 is 0 Å². The van der Waals surface area contributed by atoms with E-state index in [2.05, 4.69) is 25.3 Å². The molecular weight excluding hydrogens is 334 g/mol. The third-order valence-corrected chi connectivity index (χ3v) is 4.52. The Morgan fingerprint density at radius 1 is 1.00 bits per heavy atom. The van der Waals surface area contributed by atoms with E-state index in [0.29, 0.717) is 22.6 Å². The van der Waals surface area contributed by atoms with Crippen molar-refractivity contribution >= 4 is 11.8 Å². The summed E-state index contributed by atoms with van der Waals surface area (Å²) in [5.74, 6) is 2.42. The molecule has 7 heteroatoms. The van der Waals surface area contributed by atoms with Gasteiger partial charge >= 0.3 is 0 Å². The van der Waals surface area contributed by atoms with Gasteiger partial charge in [0.1, 0.15) is 0 Å². The first-order chi connectivity index (χ1) is 12.3. The summed E-state index contributed by atoms with van der Waals surface area (Å²) in [5, 5.41) is 11.9. The Bertz CT molecular complexity index is 980. The van der Waals surface area contributed by atoms with Gasteiger partial charge in [0.15, 0.2) is 5.82 Å². The first kappa shape index (κ1) is 15.6.